The summed E-state index contributed by atoms with van der Waals surface area (Å²) in [5, 5.41) is 9.03. The molecule has 12 heteroatoms. The van der Waals surface area contributed by atoms with Crippen LogP contribution in [0.15, 0.2) is 23.4 Å². The van der Waals surface area contributed by atoms with E-state index in [4.69, 9.17) is 40.8 Å². The molecule has 1 aromatic carbocycles. The molecule has 9 rings (SSSR count). The molecular formula is C35H39ClFN7O3. The number of nitrogens with zero attached hydrogens (tertiary/aromatic N) is 6. The van der Waals surface area contributed by atoms with Gasteiger partial charge in [-0.05, 0) is 75.0 Å². The Morgan fingerprint density at radius 3 is 2.74 bits per heavy atom. The van der Waals surface area contributed by atoms with Crippen LogP contribution in [0.4, 0.5) is 10.2 Å². The highest BCUT2D eigenvalue weighted by atomic mass is 35.5. The average molecular weight is 660 g/mol. The monoisotopic (exact) mass is 659 g/mol. The lowest BCUT2D eigenvalue weighted by atomic mass is 9.88. The zero-order valence-electron chi connectivity index (χ0n) is 26.9. The minimum atomic E-state index is -0.557. The Morgan fingerprint density at radius 1 is 1.06 bits per heavy atom. The van der Waals surface area contributed by atoms with E-state index in [1.807, 2.05) is 6.07 Å². The molecule has 0 amide bonds. The number of hydrogen-bond acceptors (Lipinski definition) is 9. The molecular weight excluding hydrogens is 621 g/mol. The van der Waals surface area contributed by atoms with Gasteiger partial charge in [-0.1, -0.05) is 29.7 Å². The molecule has 3 aromatic heterocycles. The largest absolute Gasteiger partial charge is 0.480 e. The number of aromatic nitrogens is 5. The summed E-state index contributed by atoms with van der Waals surface area (Å²) >= 11 is 6.93. The normalized spacial score (nSPS) is 23.9. The van der Waals surface area contributed by atoms with Gasteiger partial charge in [0.15, 0.2) is 5.82 Å². The molecule has 5 aliphatic rings. The molecule has 47 heavy (non-hydrogen) atoms. The fraction of sp³-hybridized carbons (Fsp3) is 0.543. The second-order valence-corrected chi connectivity index (χ2v) is 14.6. The molecule has 3 saturated heterocycles. The van der Waals surface area contributed by atoms with Gasteiger partial charge in [0.2, 0.25) is 5.88 Å². The number of halogens is 2. The number of ether oxygens (including phenoxy) is 3. The number of benzene rings is 1. The van der Waals surface area contributed by atoms with Crippen LogP contribution in [-0.2, 0) is 10.2 Å². The third-order valence-electron chi connectivity index (χ3n) is 11.1. The van der Waals surface area contributed by atoms with Gasteiger partial charge in [-0.3, -0.25) is 10.00 Å². The fourth-order valence-corrected chi connectivity index (χ4v) is 8.62. The van der Waals surface area contributed by atoms with E-state index in [9.17, 15) is 0 Å². The van der Waals surface area contributed by atoms with Crippen LogP contribution < -0.4 is 14.4 Å². The van der Waals surface area contributed by atoms with E-state index in [0.717, 1.165) is 62.6 Å². The summed E-state index contributed by atoms with van der Waals surface area (Å²) in [6.45, 7) is 7.20. The van der Waals surface area contributed by atoms with Crippen molar-refractivity contribution in [3.8, 4) is 23.1 Å². The zero-order valence-corrected chi connectivity index (χ0v) is 27.7. The topological polar surface area (TPSA) is 102 Å². The van der Waals surface area contributed by atoms with E-state index >= 15 is 4.39 Å². The molecule has 2 aliphatic carbocycles. The highest BCUT2D eigenvalue weighted by Crippen LogP contribution is 2.55. The number of hydrogen-bond donors (Lipinski definition) is 1. The van der Waals surface area contributed by atoms with Crippen LogP contribution in [0.3, 0.4) is 0 Å². The Bertz CT molecular complexity index is 1940. The van der Waals surface area contributed by atoms with Crippen LogP contribution in [0.2, 0.25) is 5.02 Å². The van der Waals surface area contributed by atoms with Crippen molar-refractivity contribution >= 4 is 39.2 Å². The summed E-state index contributed by atoms with van der Waals surface area (Å²) in [4.78, 5) is 19.3. The van der Waals surface area contributed by atoms with Crippen LogP contribution in [0.5, 0.6) is 11.9 Å². The molecule has 10 nitrogen and oxygen atoms in total. The van der Waals surface area contributed by atoms with Crippen molar-refractivity contribution in [3.05, 3.63) is 39.8 Å². The lowest BCUT2D eigenvalue weighted by molar-refractivity contribution is 0.108. The van der Waals surface area contributed by atoms with Gasteiger partial charge < -0.3 is 19.1 Å². The second-order valence-electron chi connectivity index (χ2n) is 14.2. The predicted octanol–water partition coefficient (Wildman–Crippen LogP) is 6.35. The fourth-order valence-electron chi connectivity index (χ4n) is 8.19. The first-order valence-electron chi connectivity index (χ1n) is 16.9. The quantitative estimate of drug-likeness (QED) is 0.227. The van der Waals surface area contributed by atoms with Crippen LogP contribution in [0, 0.1) is 5.82 Å². The van der Waals surface area contributed by atoms with Gasteiger partial charge >= 0.3 is 6.01 Å². The number of H-pyrrole nitrogens is 1. The molecule has 1 unspecified atom stereocenters. The third kappa shape index (κ3) is 4.87. The third-order valence-corrected chi connectivity index (χ3v) is 11.4. The molecule has 6 heterocycles. The van der Waals surface area contributed by atoms with Crippen molar-refractivity contribution in [2.45, 2.75) is 69.2 Å². The number of fused-ring (bicyclic) bond motifs is 3. The summed E-state index contributed by atoms with van der Waals surface area (Å²) in [6.07, 6.45) is 10.1. The summed E-state index contributed by atoms with van der Waals surface area (Å²) in [5.41, 5.74) is 5.41. The van der Waals surface area contributed by atoms with Gasteiger partial charge in [0, 0.05) is 42.2 Å². The van der Waals surface area contributed by atoms with Crippen molar-refractivity contribution in [2.24, 2.45) is 0 Å². The maximum atomic E-state index is 17.3. The minimum absolute atomic E-state index is 0.0677. The van der Waals surface area contributed by atoms with E-state index in [2.05, 4.69) is 26.9 Å². The molecule has 1 atom stereocenters. The summed E-state index contributed by atoms with van der Waals surface area (Å²) in [5.74, 6) is 0.244. The van der Waals surface area contributed by atoms with Gasteiger partial charge in [-0.15, -0.1) is 0 Å². The van der Waals surface area contributed by atoms with Crippen molar-refractivity contribution < 1.29 is 18.6 Å². The maximum absolute atomic E-state index is 17.3. The number of allylic oxidation sites excluding steroid dienone is 1. The average Bonchev–Trinajstić information content (AvgIpc) is 3.95. The van der Waals surface area contributed by atoms with E-state index in [1.54, 1.807) is 24.5 Å². The minimum Gasteiger partial charge on any atom is -0.480 e. The lowest BCUT2D eigenvalue weighted by Gasteiger charge is -2.31. The number of methoxy groups -OCH3 is 1. The van der Waals surface area contributed by atoms with Crippen molar-refractivity contribution in [1.82, 2.24) is 30.0 Å². The molecule has 0 bridgehead atoms. The maximum Gasteiger partial charge on any atom is 0.319 e. The highest BCUT2D eigenvalue weighted by Gasteiger charge is 2.48. The first kappa shape index (κ1) is 29.6. The van der Waals surface area contributed by atoms with E-state index in [1.165, 1.54) is 12.8 Å². The Morgan fingerprint density at radius 2 is 1.94 bits per heavy atom. The van der Waals surface area contributed by atoms with Crippen molar-refractivity contribution in [2.75, 3.05) is 58.0 Å². The standard InChI is InChI=1S/C35H39ClFN7O3/c1-34(8-9-34)27-23(36)15-24-22(17-38-42-24)25(27)29-28(37)30-26(32(39-29)45-2)31(43-10-4-13-46-14-12-43)41-33(40-30)47-19-35-7-3-11-44(35)18-21(16-35)20-5-6-20/h15,17H,3-14,16,18-19H2,1-2H3,(H,38,42). The Labute approximate surface area is 277 Å². The number of aromatic amines is 1. The Balaban J connectivity index is 1.22. The van der Waals surface area contributed by atoms with Crippen LogP contribution in [0.1, 0.15) is 63.9 Å². The summed E-state index contributed by atoms with van der Waals surface area (Å²) in [7, 11) is 1.55. The SMILES string of the molecule is COc1nc(-c2c(C3(C)CC3)c(Cl)cc3[nH]ncc23)c(F)c2nc(OCC34CCCN3CC(=C3CC3)C4)nc(N3CCCOCC3)c12. The Kier molecular flexibility index (Phi) is 6.92. The van der Waals surface area contributed by atoms with Gasteiger partial charge in [0.1, 0.15) is 29.0 Å². The van der Waals surface area contributed by atoms with E-state index in [0.29, 0.717) is 60.2 Å². The van der Waals surface area contributed by atoms with Gasteiger partial charge in [0.25, 0.3) is 0 Å². The van der Waals surface area contributed by atoms with Gasteiger partial charge in [-0.2, -0.15) is 15.1 Å². The van der Waals surface area contributed by atoms with Gasteiger partial charge in [0.05, 0.1) is 31.0 Å². The van der Waals surface area contributed by atoms with Crippen molar-refractivity contribution in [1.29, 1.82) is 0 Å². The molecule has 5 fully saturated rings. The van der Waals surface area contributed by atoms with Crippen LogP contribution in [0.25, 0.3) is 33.1 Å². The number of pyridine rings is 1. The predicted molar refractivity (Wildman–Crippen MR) is 178 cm³/mol. The van der Waals surface area contributed by atoms with Gasteiger partial charge in [-0.25, -0.2) is 9.37 Å². The van der Waals surface area contributed by atoms with Crippen LogP contribution in [-0.4, -0.2) is 88.7 Å². The number of anilines is 1. The molecule has 0 radical (unpaired) electrons. The smallest absolute Gasteiger partial charge is 0.319 e. The molecule has 246 valence electrons. The first-order chi connectivity index (χ1) is 22.9. The molecule has 4 aromatic rings. The number of rotatable bonds is 7. The summed E-state index contributed by atoms with van der Waals surface area (Å²) in [6, 6.07) is 2.04. The second kappa shape index (κ2) is 11.0. The zero-order chi connectivity index (χ0) is 31.9. The van der Waals surface area contributed by atoms with E-state index in [-0.39, 0.29) is 34.1 Å². The van der Waals surface area contributed by atoms with Crippen molar-refractivity contribution in [3.63, 3.8) is 0 Å². The summed E-state index contributed by atoms with van der Waals surface area (Å²) < 4.78 is 35.6. The Hall–Kier alpha value is -3.54. The molecule has 1 N–H and O–H groups in total. The van der Waals surface area contributed by atoms with Crippen LogP contribution >= 0.6 is 11.6 Å². The highest BCUT2D eigenvalue weighted by molar-refractivity contribution is 6.33. The van der Waals surface area contributed by atoms with E-state index < -0.39 is 5.82 Å². The number of nitrogens with one attached hydrogen (secondary N) is 1. The molecule has 2 saturated carbocycles. The first-order valence-corrected chi connectivity index (χ1v) is 17.3. The molecule has 0 spiro atoms. The molecule has 3 aliphatic heterocycles. The lowest BCUT2D eigenvalue weighted by Crippen LogP contribution is -2.43.